The highest BCUT2D eigenvalue weighted by molar-refractivity contribution is 5.91. The van der Waals surface area contributed by atoms with Gasteiger partial charge in [0.15, 0.2) is 5.76 Å². The van der Waals surface area contributed by atoms with Crippen molar-refractivity contribution in [3.8, 4) is 22.7 Å². The van der Waals surface area contributed by atoms with E-state index in [1.807, 2.05) is 18.2 Å². The van der Waals surface area contributed by atoms with Crippen LogP contribution in [0.3, 0.4) is 0 Å². The van der Waals surface area contributed by atoms with Crippen LogP contribution >= 0.6 is 0 Å². The standard InChI is InChI=1S/C15H12N2O3/c1-19-15(18)11-5-2-4-10(8-11)13-14(17-9-16-13)12-6-3-7-20-12/h2-9H,1H3,(H,16,17). The fourth-order valence-corrected chi connectivity index (χ4v) is 2.03. The third-order valence-corrected chi connectivity index (χ3v) is 2.96. The van der Waals surface area contributed by atoms with Crippen LogP contribution in [0.5, 0.6) is 0 Å². The second-order valence-corrected chi connectivity index (χ2v) is 4.18. The van der Waals surface area contributed by atoms with E-state index in [-0.39, 0.29) is 5.97 Å². The van der Waals surface area contributed by atoms with Crippen molar-refractivity contribution in [1.29, 1.82) is 0 Å². The summed E-state index contributed by atoms with van der Waals surface area (Å²) in [6, 6.07) is 10.8. The van der Waals surface area contributed by atoms with Crippen molar-refractivity contribution in [2.75, 3.05) is 7.11 Å². The minimum Gasteiger partial charge on any atom is -0.465 e. The zero-order valence-corrected chi connectivity index (χ0v) is 10.8. The number of esters is 1. The van der Waals surface area contributed by atoms with Crippen molar-refractivity contribution in [1.82, 2.24) is 9.97 Å². The minimum absolute atomic E-state index is 0.373. The van der Waals surface area contributed by atoms with Gasteiger partial charge in [-0.2, -0.15) is 0 Å². The van der Waals surface area contributed by atoms with Gasteiger partial charge in [0.1, 0.15) is 5.69 Å². The molecule has 0 aliphatic carbocycles. The normalized spacial score (nSPS) is 10.4. The Morgan fingerprint density at radius 3 is 2.95 bits per heavy atom. The van der Waals surface area contributed by atoms with E-state index in [2.05, 4.69) is 9.97 Å². The molecular weight excluding hydrogens is 256 g/mol. The number of H-pyrrole nitrogens is 1. The van der Waals surface area contributed by atoms with Crippen LogP contribution in [0.4, 0.5) is 0 Å². The van der Waals surface area contributed by atoms with Gasteiger partial charge in [-0.3, -0.25) is 0 Å². The molecule has 5 heteroatoms. The molecule has 1 N–H and O–H groups in total. The Labute approximate surface area is 115 Å². The highest BCUT2D eigenvalue weighted by Crippen LogP contribution is 2.29. The number of rotatable bonds is 3. The highest BCUT2D eigenvalue weighted by atomic mass is 16.5. The third kappa shape index (κ3) is 2.09. The lowest BCUT2D eigenvalue weighted by molar-refractivity contribution is 0.0601. The number of hydrogen-bond donors (Lipinski definition) is 1. The molecule has 0 unspecified atom stereocenters. The molecule has 0 aliphatic heterocycles. The van der Waals surface area contributed by atoms with Crippen LogP contribution in [0.15, 0.2) is 53.4 Å². The van der Waals surface area contributed by atoms with Gasteiger partial charge in [0.05, 0.1) is 31.0 Å². The van der Waals surface area contributed by atoms with E-state index in [0.29, 0.717) is 11.3 Å². The molecule has 20 heavy (non-hydrogen) atoms. The zero-order valence-electron chi connectivity index (χ0n) is 10.8. The molecule has 0 aliphatic rings. The molecule has 0 atom stereocenters. The van der Waals surface area contributed by atoms with Crippen LogP contribution < -0.4 is 0 Å². The van der Waals surface area contributed by atoms with Gasteiger partial charge in [-0.15, -0.1) is 0 Å². The average molecular weight is 268 g/mol. The lowest BCUT2D eigenvalue weighted by Crippen LogP contribution is -2.00. The minimum atomic E-state index is -0.373. The van der Waals surface area contributed by atoms with Crippen molar-refractivity contribution >= 4 is 5.97 Å². The Morgan fingerprint density at radius 1 is 1.30 bits per heavy atom. The Balaban J connectivity index is 2.06. The molecule has 0 amide bonds. The summed E-state index contributed by atoms with van der Waals surface area (Å²) in [6.45, 7) is 0. The fraction of sp³-hybridized carbons (Fsp3) is 0.0667. The maximum absolute atomic E-state index is 11.6. The van der Waals surface area contributed by atoms with Crippen molar-refractivity contribution in [2.45, 2.75) is 0 Å². The number of hydrogen-bond acceptors (Lipinski definition) is 4. The number of aromatic amines is 1. The highest BCUT2D eigenvalue weighted by Gasteiger charge is 2.14. The second-order valence-electron chi connectivity index (χ2n) is 4.18. The van der Waals surface area contributed by atoms with E-state index in [1.165, 1.54) is 7.11 Å². The van der Waals surface area contributed by atoms with Crippen LogP contribution in [-0.4, -0.2) is 23.0 Å². The van der Waals surface area contributed by atoms with E-state index in [4.69, 9.17) is 9.15 Å². The second kappa shape index (κ2) is 5.05. The number of ether oxygens (including phenoxy) is 1. The SMILES string of the molecule is COC(=O)c1cccc(-c2nc[nH]c2-c2ccco2)c1. The molecule has 0 saturated carbocycles. The predicted octanol–water partition coefficient (Wildman–Crippen LogP) is 3.12. The summed E-state index contributed by atoms with van der Waals surface area (Å²) in [7, 11) is 1.36. The largest absolute Gasteiger partial charge is 0.465 e. The summed E-state index contributed by atoms with van der Waals surface area (Å²) in [5.74, 6) is 0.322. The summed E-state index contributed by atoms with van der Waals surface area (Å²) in [4.78, 5) is 18.9. The van der Waals surface area contributed by atoms with E-state index < -0.39 is 0 Å². The van der Waals surface area contributed by atoms with Crippen molar-refractivity contribution < 1.29 is 13.9 Å². The number of imidazole rings is 1. The average Bonchev–Trinajstić information content (AvgIpc) is 3.16. The van der Waals surface area contributed by atoms with Crippen LogP contribution in [-0.2, 0) is 4.74 Å². The smallest absolute Gasteiger partial charge is 0.337 e. The van der Waals surface area contributed by atoms with Crippen LogP contribution in [0, 0.1) is 0 Å². The monoisotopic (exact) mass is 268 g/mol. The fourth-order valence-electron chi connectivity index (χ4n) is 2.03. The number of methoxy groups -OCH3 is 1. The molecule has 2 heterocycles. The number of furan rings is 1. The van der Waals surface area contributed by atoms with Crippen molar-refractivity contribution in [3.63, 3.8) is 0 Å². The molecule has 0 bridgehead atoms. The summed E-state index contributed by atoms with van der Waals surface area (Å²) < 4.78 is 10.1. The number of nitrogens with one attached hydrogen (secondary N) is 1. The van der Waals surface area contributed by atoms with Gasteiger partial charge in [-0.05, 0) is 24.3 Å². The molecule has 1 aromatic carbocycles. The number of carbonyl (C=O) groups is 1. The molecular formula is C15H12N2O3. The number of aromatic nitrogens is 2. The van der Waals surface area contributed by atoms with E-state index in [0.717, 1.165) is 17.0 Å². The number of benzene rings is 1. The van der Waals surface area contributed by atoms with E-state index >= 15 is 0 Å². The summed E-state index contributed by atoms with van der Waals surface area (Å²) in [5.41, 5.74) is 2.81. The molecule has 2 aromatic heterocycles. The zero-order chi connectivity index (χ0) is 13.9. The van der Waals surface area contributed by atoms with Gasteiger partial charge >= 0.3 is 5.97 Å². The van der Waals surface area contributed by atoms with Gasteiger partial charge < -0.3 is 14.1 Å². The van der Waals surface area contributed by atoms with E-state index in [1.54, 1.807) is 30.8 Å². The van der Waals surface area contributed by atoms with Crippen molar-refractivity contribution in [3.05, 3.63) is 54.6 Å². The summed E-state index contributed by atoms with van der Waals surface area (Å²) >= 11 is 0. The van der Waals surface area contributed by atoms with Crippen molar-refractivity contribution in [2.24, 2.45) is 0 Å². The first kappa shape index (κ1) is 12.2. The Bertz CT molecular complexity index is 729. The van der Waals surface area contributed by atoms with Gasteiger partial charge in [-0.25, -0.2) is 9.78 Å². The molecule has 3 aromatic rings. The maximum Gasteiger partial charge on any atom is 0.337 e. The topological polar surface area (TPSA) is 68.1 Å². The first-order valence-corrected chi connectivity index (χ1v) is 6.05. The molecule has 0 radical (unpaired) electrons. The molecule has 0 fully saturated rings. The molecule has 5 nitrogen and oxygen atoms in total. The van der Waals surface area contributed by atoms with Gasteiger partial charge in [0.25, 0.3) is 0 Å². The molecule has 100 valence electrons. The maximum atomic E-state index is 11.6. The predicted molar refractivity (Wildman–Crippen MR) is 73.1 cm³/mol. The first-order valence-electron chi connectivity index (χ1n) is 6.05. The third-order valence-electron chi connectivity index (χ3n) is 2.96. The van der Waals surface area contributed by atoms with Crippen LogP contribution in [0.1, 0.15) is 10.4 Å². The lowest BCUT2D eigenvalue weighted by atomic mass is 10.1. The molecule has 0 saturated heterocycles. The Hall–Kier alpha value is -2.82. The number of carbonyl (C=O) groups excluding carboxylic acids is 1. The Morgan fingerprint density at radius 2 is 2.20 bits per heavy atom. The quantitative estimate of drug-likeness (QED) is 0.741. The van der Waals surface area contributed by atoms with Gasteiger partial charge in [-0.1, -0.05) is 12.1 Å². The summed E-state index contributed by atoms with van der Waals surface area (Å²) in [6.07, 6.45) is 3.20. The molecule has 0 spiro atoms. The lowest BCUT2D eigenvalue weighted by Gasteiger charge is -2.03. The van der Waals surface area contributed by atoms with Gasteiger partial charge in [0, 0.05) is 5.56 Å². The summed E-state index contributed by atoms with van der Waals surface area (Å²) in [5, 5.41) is 0. The Kier molecular flexibility index (Phi) is 3.09. The van der Waals surface area contributed by atoms with Crippen LogP contribution in [0.25, 0.3) is 22.7 Å². The first-order chi connectivity index (χ1) is 9.79. The molecule has 3 rings (SSSR count). The van der Waals surface area contributed by atoms with Gasteiger partial charge in [0.2, 0.25) is 0 Å². The van der Waals surface area contributed by atoms with E-state index in [9.17, 15) is 4.79 Å². The number of nitrogens with zero attached hydrogens (tertiary/aromatic N) is 1. The van der Waals surface area contributed by atoms with Crippen LogP contribution in [0.2, 0.25) is 0 Å².